The maximum atomic E-state index is 12.8. The molecule has 0 aliphatic heterocycles. The maximum Gasteiger partial charge on any atom is 0.314 e. The largest absolute Gasteiger partial charge is 0.481 e. The smallest absolute Gasteiger partial charge is 0.314 e. The lowest BCUT2D eigenvalue weighted by atomic mass is 9.34. The Hall–Kier alpha value is -1.13. The Morgan fingerprint density at radius 1 is 1.00 bits per heavy atom. The summed E-state index contributed by atoms with van der Waals surface area (Å²) in [7, 11) is 0. The fraction of sp³-hybridized carbons (Fsp3) is 0.833. The van der Waals surface area contributed by atoms with E-state index in [0.717, 1.165) is 57.8 Å². The number of carbonyl (C=O) groups is 1. The third-order valence-electron chi connectivity index (χ3n) is 12.9. The summed E-state index contributed by atoms with van der Waals surface area (Å²) in [6.07, 6.45) is 10.3. The Bertz CT molecular complexity index is 965. The van der Waals surface area contributed by atoms with Crippen LogP contribution in [0.4, 0.5) is 0 Å². The molecule has 34 heavy (non-hydrogen) atoms. The molecule has 3 N–H and O–H groups in total. The van der Waals surface area contributed by atoms with E-state index in [1.54, 1.807) is 0 Å². The van der Waals surface area contributed by atoms with E-state index in [2.05, 4.69) is 47.6 Å². The average molecular weight is 471 g/mol. The zero-order chi connectivity index (χ0) is 24.9. The molecule has 4 heteroatoms. The van der Waals surface area contributed by atoms with Crippen molar-refractivity contribution in [2.75, 3.05) is 6.61 Å². The van der Waals surface area contributed by atoms with Gasteiger partial charge in [-0.2, -0.15) is 0 Å². The van der Waals surface area contributed by atoms with Crippen LogP contribution >= 0.6 is 0 Å². The van der Waals surface area contributed by atoms with Crippen molar-refractivity contribution in [1.29, 1.82) is 0 Å². The van der Waals surface area contributed by atoms with E-state index in [9.17, 15) is 20.1 Å². The number of aliphatic carboxylic acids is 1. The van der Waals surface area contributed by atoms with Crippen LogP contribution in [0.15, 0.2) is 22.8 Å². The number of hydrogen-bond acceptors (Lipinski definition) is 3. The third kappa shape index (κ3) is 2.71. The van der Waals surface area contributed by atoms with Crippen LogP contribution in [0.5, 0.6) is 0 Å². The number of aliphatic hydroxyl groups excluding tert-OH is 2. The molecule has 3 saturated carbocycles. The number of rotatable bonds is 2. The third-order valence-corrected chi connectivity index (χ3v) is 12.9. The van der Waals surface area contributed by atoms with Crippen molar-refractivity contribution in [1.82, 2.24) is 0 Å². The molecule has 0 amide bonds. The van der Waals surface area contributed by atoms with Crippen LogP contribution in [0, 0.1) is 44.8 Å². The number of carboxylic acid groups (broad SMARTS) is 1. The van der Waals surface area contributed by atoms with Crippen LogP contribution in [0.3, 0.4) is 0 Å². The molecule has 9 atom stereocenters. The predicted molar refractivity (Wildman–Crippen MR) is 134 cm³/mol. The lowest BCUT2D eigenvalue weighted by molar-refractivity contribution is -0.211. The minimum atomic E-state index is -0.712. The van der Waals surface area contributed by atoms with Crippen LogP contribution in [0.2, 0.25) is 0 Å². The highest BCUT2D eigenvalue weighted by Gasteiger charge is 2.68. The van der Waals surface area contributed by atoms with Gasteiger partial charge in [0, 0.05) is 5.41 Å². The molecule has 5 aliphatic rings. The quantitative estimate of drug-likeness (QED) is 0.454. The second-order valence-corrected chi connectivity index (χ2v) is 13.9. The Balaban J connectivity index is 1.65. The first kappa shape index (κ1) is 24.6. The van der Waals surface area contributed by atoms with Gasteiger partial charge in [0.15, 0.2) is 0 Å². The molecule has 0 heterocycles. The van der Waals surface area contributed by atoms with Gasteiger partial charge in [0.1, 0.15) is 0 Å². The lowest BCUT2D eigenvalue weighted by Gasteiger charge is -2.70. The van der Waals surface area contributed by atoms with Gasteiger partial charge in [0.25, 0.3) is 0 Å². The fourth-order valence-corrected chi connectivity index (χ4v) is 10.3. The second kappa shape index (κ2) is 7.44. The van der Waals surface area contributed by atoms with E-state index < -0.39 is 22.9 Å². The van der Waals surface area contributed by atoms with E-state index in [1.807, 2.05) is 0 Å². The lowest BCUT2D eigenvalue weighted by Crippen LogP contribution is -2.65. The number of allylic oxidation sites excluding steroid dienone is 3. The number of hydrogen-bond donors (Lipinski definition) is 3. The Labute approximate surface area is 205 Å². The van der Waals surface area contributed by atoms with E-state index in [-0.39, 0.29) is 22.9 Å². The Morgan fingerprint density at radius 3 is 2.35 bits per heavy atom. The summed E-state index contributed by atoms with van der Waals surface area (Å²) in [4.78, 5) is 12.8. The highest BCUT2D eigenvalue weighted by molar-refractivity contribution is 5.82. The maximum absolute atomic E-state index is 12.8. The van der Waals surface area contributed by atoms with Gasteiger partial charge in [-0.05, 0) is 110 Å². The molecule has 3 fully saturated rings. The van der Waals surface area contributed by atoms with Crippen LogP contribution in [0.25, 0.3) is 0 Å². The molecule has 0 aromatic rings. The van der Waals surface area contributed by atoms with Crippen molar-refractivity contribution >= 4 is 5.97 Å². The Morgan fingerprint density at radius 2 is 1.71 bits per heavy atom. The molecule has 0 spiro atoms. The summed E-state index contributed by atoms with van der Waals surface area (Å²) < 4.78 is 0. The van der Waals surface area contributed by atoms with E-state index in [4.69, 9.17) is 0 Å². The predicted octanol–water partition coefficient (Wildman–Crippen LogP) is 6.13. The minimum absolute atomic E-state index is 0.0395. The average Bonchev–Trinajstić information content (AvgIpc) is 2.79. The fourth-order valence-electron chi connectivity index (χ4n) is 10.3. The van der Waals surface area contributed by atoms with Gasteiger partial charge in [-0.25, -0.2) is 0 Å². The first-order valence-electron chi connectivity index (χ1n) is 13.8. The molecule has 190 valence electrons. The van der Waals surface area contributed by atoms with E-state index in [1.165, 1.54) is 16.7 Å². The highest BCUT2D eigenvalue weighted by Crippen LogP contribution is 2.75. The molecule has 5 aliphatic carbocycles. The van der Waals surface area contributed by atoms with Gasteiger partial charge in [-0.3, -0.25) is 4.79 Å². The topological polar surface area (TPSA) is 77.8 Å². The molecular weight excluding hydrogens is 424 g/mol. The van der Waals surface area contributed by atoms with E-state index in [0.29, 0.717) is 17.8 Å². The summed E-state index contributed by atoms with van der Waals surface area (Å²) in [5, 5.41) is 31.8. The van der Waals surface area contributed by atoms with Crippen molar-refractivity contribution in [3.05, 3.63) is 22.8 Å². The van der Waals surface area contributed by atoms with Crippen molar-refractivity contribution < 1.29 is 20.1 Å². The standard InChI is InChI=1S/C30H46O4/c1-18-9-14-30(25(33)34)16-15-28(5)20(24(30)19(18)2)7-8-22-26(3)12-11-23(32)27(4,17-31)21(26)10-13-29(22,28)6/h7,18,21-23,31-32H,8-17H2,1-6H3,(H,33,34)/t18-,21-,22-,23?,26+,27?,28-,29-,30+/m1/s1. The molecule has 0 saturated heterocycles. The zero-order valence-corrected chi connectivity index (χ0v) is 22.2. The van der Waals surface area contributed by atoms with Crippen LogP contribution < -0.4 is 0 Å². The van der Waals surface area contributed by atoms with Gasteiger partial charge in [0.05, 0.1) is 18.1 Å². The van der Waals surface area contributed by atoms with Gasteiger partial charge in [-0.1, -0.05) is 46.3 Å². The second-order valence-electron chi connectivity index (χ2n) is 13.9. The van der Waals surface area contributed by atoms with Crippen molar-refractivity contribution in [2.45, 2.75) is 105 Å². The van der Waals surface area contributed by atoms with Gasteiger partial charge >= 0.3 is 5.97 Å². The summed E-state index contributed by atoms with van der Waals surface area (Å²) in [5.74, 6) is 0.599. The van der Waals surface area contributed by atoms with Gasteiger partial charge < -0.3 is 15.3 Å². The molecule has 0 aromatic heterocycles. The zero-order valence-electron chi connectivity index (χ0n) is 22.2. The molecular formula is C30H46O4. The summed E-state index contributed by atoms with van der Waals surface area (Å²) in [5.41, 5.74) is 2.80. The van der Waals surface area contributed by atoms with Crippen molar-refractivity contribution in [3.8, 4) is 0 Å². The SMILES string of the molecule is CC1=C2C3=CC[C@@H]4[C@@]5(C)CCC(O)C(C)(CO)[C@@H]5CC[C@@]4(C)[C@]3(C)CC[C@@]2(C(=O)O)CC[C@H]1C. The summed E-state index contributed by atoms with van der Waals surface area (Å²) in [6.45, 7) is 14.0. The summed E-state index contributed by atoms with van der Waals surface area (Å²) >= 11 is 0. The molecule has 0 aromatic carbocycles. The molecule has 4 nitrogen and oxygen atoms in total. The number of fused-ring (bicyclic) bond motifs is 7. The van der Waals surface area contributed by atoms with Crippen molar-refractivity contribution in [3.63, 3.8) is 0 Å². The highest BCUT2D eigenvalue weighted by atomic mass is 16.4. The number of carboxylic acids is 1. The van der Waals surface area contributed by atoms with Crippen molar-refractivity contribution in [2.24, 2.45) is 44.8 Å². The summed E-state index contributed by atoms with van der Waals surface area (Å²) in [6, 6.07) is 0. The van der Waals surface area contributed by atoms with Gasteiger partial charge in [-0.15, -0.1) is 0 Å². The minimum Gasteiger partial charge on any atom is -0.481 e. The van der Waals surface area contributed by atoms with Crippen LogP contribution in [-0.4, -0.2) is 34.0 Å². The van der Waals surface area contributed by atoms with Gasteiger partial charge in [0.2, 0.25) is 0 Å². The first-order chi connectivity index (χ1) is 15.8. The first-order valence-corrected chi connectivity index (χ1v) is 13.8. The Kier molecular flexibility index (Phi) is 5.38. The normalized spacial score (nSPS) is 52.6. The van der Waals surface area contributed by atoms with E-state index >= 15 is 0 Å². The monoisotopic (exact) mass is 470 g/mol. The molecule has 0 bridgehead atoms. The van der Waals surface area contributed by atoms with Crippen LogP contribution in [-0.2, 0) is 4.79 Å². The number of aliphatic hydroxyl groups is 2. The molecule has 0 radical (unpaired) electrons. The van der Waals surface area contributed by atoms with Crippen LogP contribution in [0.1, 0.15) is 99.3 Å². The molecule has 2 unspecified atom stereocenters. The molecule has 5 rings (SSSR count).